The van der Waals surface area contributed by atoms with E-state index in [2.05, 4.69) is 10.6 Å². The van der Waals surface area contributed by atoms with Gasteiger partial charge in [0, 0.05) is 5.69 Å². The van der Waals surface area contributed by atoms with E-state index in [1.807, 2.05) is 49.6 Å². The SMILES string of the molecule is CC(C)Oc1ccc(NC(=S)NC(=O)c2cccs2)cc1. The van der Waals surface area contributed by atoms with E-state index >= 15 is 0 Å². The highest BCUT2D eigenvalue weighted by atomic mass is 32.1. The number of carbonyl (C=O) groups is 1. The minimum absolute atomic E-state index is 0.134. The Labute approximate surface area is 133 Å². The van der Waals surface area contributed by atoms with Gasteiger partial charge in [0.1, 0.15) is 5.75 Å². The van der Waals surface area contributed by atoms with Crippen molar-refractivity contribution >= 4 is 40.3 Å². The van der Waals surface area contributed by atoms with Crippen LogP contribution in [0.3, 0.4) is 0 Å². The van der Waals surface area contributed by atoms with Crippen molar-refractivity contribution in [3.63, 3.8) is 0 Å². The van der Waals surface area contributed by atoms with Crippen LogP contribution in [0.4, 0.5) is 5.69 Å². The molecule has 0 aliphatic rings. The second kappa shape index (κ2) is 7.19. The molecule has 6 heteroatoms. The summed E-state index contributed by atoms with van der Waals surface area (Å²) < 4.78 is 5.56. The largest absolute Gasteiger partial charge is 0.491 e. The second-order valence-electron chi connectivity index (χ2n) is 4.58. The summed E-state index contributed by atoms with van der Waals surface area (Å²) in [5.74, 6) is 0.589. The molecule has 2 N–H and O–H groups in total. The van der Waals surface area contributed by atoms with Crippen LogP contribution in [-0.2, 0) is 0 Å². The molecule has 110 valence electrons. The summed E-state index contributed by atoms with van der Waals surface area (Å²) in [7, 11) is 0. The fourth-order valence-corrected chi connectivity index (χ4v) is 2.45. The lowest BCUT2D eigenvalue weighted by Gasteiger charge is -2.11. The first-order valence-corrected chi connectivity index (χ1v) is 7.76. The molecular weight excluding hydrogens is 304 g/mol. The van der Waals surface area contributed by atoms with E-state index in [1.165, 1.54) is 11.3 Å². The molecule has 2 aromatic rings. The minimum Gasteiger partial charge on any atom is -0.491 e. The standard InChI is InChI=1S/C15H16N2O2S2/c1-10(2)19-12-7-5-11(6-8-12)16-15(20)17-14(18)13-4-3-9-21-13/h3-10H,1-2H3,(H2,16,17,18,20). The van der Waals surface area contributed by atoms with Crippen molar-refractivity contribution in [1.29, 1.82) is 0 Å². The molecule has 1 amide bonds. The number of amides is 1. The van der Waals surface area contributed by atoms with Gasteiger partial charge >= 0.3 is 0 Å². The van der Waals surface area contributed by atoms with Gasteiger partial charge in [-0.25, -0.2) is 0 Å². The Balaban J connectivity index is 1.89. The van der Waals surface area contributed by atoms with E-state index in [0.29, 0.717) is 4.88 Å². The van der Waals surface area contributed by atoms with Crippen LogP contribution in [0.5, 0.6) is 5.75 Å². The Morgan fingerprint density at radius 2 is 1.95 bits per heavy atom. The van der Waals surface area contributed by atoms with E-state index in [-0.39, 0.29) is 17.1 Å². The van der Waals surface area contributed by atoms with Crippen LogP contribution in [0.15, 0.2) is 41.8 Å². The van der Waals surface area contributed by atoms with Crippen LogP contribution < -0.4 is 15.4 Å². The fourth-order valence-electron chi connectivity index (χ4n) is 1.62. The first-order valence-electron chi connectivity index (χ1n) is 6.47. The minimum atomic E-state index is -0.206. The van der Waals surface area contributed by atoms with Gasteiger partial charge in [0.2, 0.25) is 0 Å². The lowest BCUT2D eigenvalue weighted by molar-refractivity contribution is 0.0981. The van der Waals surface area contributed by atoms with Crippen LogP contribution in [0.2, 0.25) is 0 Å². The molecule has 4 nitrogen and oxygen atoms in total. The van der Waals surface area contributed by atoms with Gasteiger partial charge in [-0.05, 0) is 61.8 Å². The maximum Gasteiger partial charge on any atom is 0.267 e. The summed E-state index contributed by atoms with van der Waals surface area (Å²) in [4.78, 5) is 12.5. The average Bonchev–Trinajstić information content (AvgIpc) is 2.94. The van der Waals surface area contributed by atoms with Crippen LogP contribution in [0, 0.1) is 0 Å². The number of benzene rings is 1. The maximum absolute atomic E-state index is 11.8. The van der Waals surface area contributed by atoms with Gasteiger partial charge in [0.15, 0.2) is 5.11 Å². The van der Waals surface area contributed by atoms with Crippen molar-refractivity contribution in [3.05, 3.63) is 46.7 Å². The maximum atomic E-state index is 11.8. The molecule has 0 aliphatic heterocycles. The van der Waals surface area contributed by atoms with Crippen molar-refractivity contribution in [2.75, 3.05) is 5.32 Å². The molecule has 21 heavy (non-hydrogen) atoms. The number of rotatable bonds is 4. The highest BCUT2D eigenvalue weighted by Crippen LogP contribution is 2.17. The third-order valence-electron chi connectivity index (χ3n) is 2.46. The third kappa shape index (κ3) is 4.84. The van der Waals surface area contributed by atoms with Gasteiger partial charge < -0.3 is 10.1 Å². The number of carbonyl (C=O) groups excluding carboxylic acids is 1. The van der Waals surface area contributed by atoms with Gasteiger partial charge in [-0.15, -0.1) is 11.3 Å². The molecule has 2 rings (SSSR count). The zero-order valence-corrected chi connectivity index (χ0v) is 13.4. The smallest absolute Gasteiger partial charge is 0.267 e. The predicted octanol–water partition coefficient (Wildman–Crippen LogP) is 3.66. The molecule has 0 unspecified atom stereocenters. The number of ether oxygens (including phenoxy) is 1. The molecular formula is C15H16N2O2S2. The van der Waals surface area contributed by atoms with Crippen molar-refractivity contribution in [2.24, 2.45) is 0 Å². The molecule has 0 saturated heterocycles. The summed E-state index contributed by atoms with van der Waals surface area (Å²) in [6, 6.07) is 11.0. The van der Waals surface area contributed by atoms with Gasteiger partial charge in [0.05, 0.1) is 11.0 Å². The Hall–Kier alpha value is -1.92. The molecule has 0 bridgehead atoms. The Kier molecular flexibility index (Phi) is 5.30. The normalized spacial score (nSPS) is 10.2. The van der Waals surface area contributed by atoms with E-state index in [9.17, 15) is 4.79 Å². The van der Waals surface area contributed by atoms with E-state index in [4.69, 9.17) is 17.0 Å². The van der Waals surface area contributed by atoms with Crippen molar-refractivity contribution in [3.8, 4) is 5.75 Å². The van der Waals surface area contributed by atoms with Crippen LogP contribution in [0.1, 0.15) is 23.5 Å². The number of hydrogen-bond donors (Lipinski definition) is 2. The summed E-state index contributed by atoms with van der Waals surface area (Å²) in [5.41, 5.74) is 0.794. The number of thiocarbonyl (C=S) groups is 1. The second-order valence-corrected chi connectivity index (χ2v) is 5.93. The monoisotopic (exact) mass is 320 g/mol. The van der Waals surface area contributed by atoms with Gasteiger partial charge in [-0.1, -0.05) is 6.07 Å². The van der Waals surface area contributed by atoms with Gasteiger partial charge in [0.25, 0.3) is 5.91 Å². The Morgan fingerprint density at radius 1 is 1.24 bits per heavy atom. The van der Waals surface area contributed by atoms with Crippen LogP contribution in [-0.4, -0.2) is 17.1 Å². The molecule has 1 aromatic heterocycles. The van der Waals surface area contributed by atoms with E-state index < -0.39 is 0 Å². The topological polar surface area (TPSA) is 50.4 Å². The van der Waals surface area contributed by atoms with Crippen molar-refractivity contribution in [1.82, 2.24) is 5.32 Å². The average molecular weight is 320 g/mol. The number of thiophene rings is 1. The Morgan fingerprint density at radius 3 is 2.52 bits per heavy atom. The van der Waals surface area contributed by atoms with Crippen molar-refractivity contribution in [2.45, 2.75) is 20.0 Å². The van der Waals surface area contributed by atoms with Crippen molar-refractivity contribution < 1.29 is 9.53 Å². The highest BCUT2D eigenvalue weighted by Gasteiger charge is 2.08. The molecule has 0 aliphatic carbocycles. The molecule has 0 radical (unpaired) electrons. The summed E-state index contributed by atoms with van der Waals surface area (Å²) in [6.07, 6.45) is 0.134. The highest BCUT2D eigenvalue weighted by molar-refractivity contribution is 7.80. The first-order chi connectivity index (χ1) is 10.0. The summed E-state index contributed by atoms with van der Waals surface area (Å²) in [5, 5.41) is 7.72. The van der Waals surface area contributed by atoms with E-state index in [0.717, 1.165) is 11.4 Å². The van der Waals surface area contributed by atoms with E-state index in [1.54, 1.807) is 6.07 Å². The predicted molar refractivity (Wildman–Crippen MR) is 90.2 cm³/mol. The third-order valence-corrected chi connectivity index (χ3v) is 3.53. The zero-order valence-electron chi connectivity index (χ0n) is 11.8. The lowest BCUT2D eigenvalue weighted by Crippen LogP contribution is -2.33. The molecule has 1 heterocycles. The molecule has 0 fully saturated rings. The van der Waals surface area contributed by atoms with Gasteiger partial charge in [-0.2, -0.15) is 0 Å². The molecule has 1 aromatic carbocycles. The molecule has 0 atom stereocenters. The molecule has 0 saturated carbocycles. The van der Waals surface area contributed by atoms with Gasteiger partial charge in [-0.3, -0.25) is 10.1 Å². The zero-order chi connectivity index (χ0) is 15.2. The van der Waals surface area contributed by atoms with Crippen LogP contribution in [0.25, 0.3) is 0 Å². The number of nitrogens with one attached hydrogen (secondary N) is 2. The fraction of sp³-hybridized carbons (Fsp3) is 0.200. The lowest BCUT2D eigenvalue weighted by atomic mass is 10.3. The summed E-state index contributed by atoms with van der Waals surface area (Å²) >= 11 is 6.49. The molecule has 0 spiro atoms. The number of hydrogen-bond acceptors (Lipinski definition) is 4. The number of anilines is 1. The quantitative estimate of drug-likeness (QED) is 0.844. The summed E-state index contributed by atoms with van der Waals surface area (Å²) in [6.45, 7) is 3.95. The first kappa shape index (κ1) is 15.5. The Bertz CT molecular complexity index is 607. The van der Waals surface area contributed by atoms with Crippen LogP contribution >= 0.6 is 23.6 Å².